The number of unbranched alkanes of at least 4 members (excludes halogenated alkanes) is 1. The van der Waals surface area contributed by atoms with Crippen LogP contribution < -0.4 is 4.74 Å². The third-order valence-electron chi connectivity index (χ3n) is 2.51. The van der Waals surface area contributed by atoms with Gasteiger partial charge in [0.25, 0.3) is 0 Å². The first-order chi connectivity index (χ1) is 8.19. The number of carbonyl (C=O) groups is 1. The van der Waals surface area contributed by atoms with E-state index in [0.29, 0.717) is 24.3 Å². The minimum atomic E-state index is -0.0230. The van der Waals surface area contributed by atoms with Crippen molar-refractivity contribution >= 4 is 5.78 Å². The molecule has 0 heterocycles. The molecule has 0 aliphatic carbocycles. The molecule has 17 heavy (non-hydrogen) atoms. The van der Waals surface area contributed by atoms with Gasteiger partial charge in [0, 0.05) is 12.5 Å². The van der Waals surface area contributed by atoms with Crippen LogP contribution in [-0.4, -0.2) is 17.5 Å². The lowest BCUT2D eigenvalue weighted by Crippen LogP contribution is -2.00. The fraction of sp³-hybridized carbons (Fsp3) is 0.500. The summed E-state index contributed by atoms with van der Waals surface area (Å²) in [6.45, 7) is 4.67. The Labute approximate surface area is 102 Å². The van der Waals surface area contributed by atoms with Gasteiger partial charge in [0.05, 0.1) is 12.2 Å². The number of ether oxygens (including phenoxy) is 1. The molecule has 3 heteroatoms. The van der Waals surface area contributed by atoms with E-state index in [0.717, 1.165) is 19.3 Å². The molecule has 0 amide bonds. The Hall–Kier alpha value is -1.51. The van der Waals surface area contributed by atoms with Crippen LogP contribution in [0.25, 0.3) is 0 Å². The molecule has 0 atom stereocenters. The summed E-state index contributed by atoms with van der Waals surface area (Å²) in [4.78, 5) is 11.6. The summed E-state index contributed by atoms with van der Waals surface area (Å²) in [7, 11) is 0. The van der Waals surface area contributed by atoms with Crippen LogP contribution in [0.15, 0.2) is 18.2 Å². The van der Waals surface area contributed by atoms with Gasteiger partial charge in [-0.3, -0.25) is 4.79 Å². The minimum absolute atomic E-state index is 0.0115. The maximum absolute atomic E-state index is 11.6. The zero-order chi connectivity index (χ0) is 12.7. The van der Waals surface area contributed by atoms with E-state index in [-0.39, 0.29) is 11.5 Å². The molecular weight excluding hydrogens is 216 g/mol. The molecule has 0 unspecified atom stereocenters. The summed E-state index contributed by atoms with van der Waals surface area (Å²) in [5.41, 5.74) is 0.384. The topological polar surface area (TPSA) is 46.5 Å². The van der Waals surface area contributed by atoms with E-state index in [2.05, 4.69) is 6.92 Å². The summed E-state index contributed by atoms with van der Waals surface area (Å²) < 4.78 is 5.45. The van der Waals surface area contributed by atoms with Gasteiger partial charge in [-0.15, -0.1) is 0 Å². The summed E-state index contributed by atoms with van der Waals surface area (Å²) in [6, 6.07) is 4.88. The third kappa shape index (κ3) is 4.10. The SMILES string of the molecule is CCCCOc1ccc(C(=O)CCC)c(O)c1. The van der Waals surface area contributed by atoms with Crippen molar-refractivity contribution in [3.05, 3.63) is 23.8 Å². The van der Waals surface area contributed by atoms with E-state index in [9.17, 15) is 9.90 Å². The molecule has 1 aromatic carbocycles. The highest BCUT2D eigenvalue weighted by Crippen LogP contribution is 2.25. The predicted octanol–water partition coefficient (Wildman–Crippen LogP) is 3.55. The van der Waals surface area contributed by atoms with Crippen LogP contribution in [0, 0.1) is 0 Å². The summed E-state index contributed by atoms with van der Waals surface area (Å²) in [6.07, 6.45) is 3.30. The van der Waals surface area contributed by atoms with E-state index in [1.54, 1.807) is 12.1 Å². The molecule has 0 aromatic heterocycles. The van der Waals surface area contributed by atoms with Crippen LogP contribution in [0.2, 0.25) is 0 Å². The zero-order valence-corrected chi connectivity index (χ0v) is 10.5. The van der Waals surface area contributed by atoms with Crippen LogP contribution >= 0.6 is 0 Å². The molecule has 1 aromatic rings. The molecule has 0 saturated heterocycles. The van der Waals surface area contributed by atoms with E-state index in [1.807, 2.05) is 6.92 Å². The zero-order valence-electron chi connectivity index (χ0n) is 10.5. The van der Waals surface area contributed by atoms with Crippen LogP contribution in [0.4, 0.5) is 0 Å². The maximum atomic E-state index is 11.6. The minimum Gasteiger partial charge on any atom is -0.507 e. The van der Waals surface area contributed by atoms with Gasteiger partial charge in [0.2, 0.25) is 0 Å². The molecule has 0 radical (unpaired) electrons. The quantitative estimate of drug-likeness (QED) is 0.581. The van der Waals surface area contributed by atoms with Crippen molar-refractivity contribution in [3.63, 3.8) is 0 Å². The molecule has 1 N–H and O–H groups in total. The Kier molecular flexibility index (Phi) is 5.53. The number of benzene rings is 1. The molecule has 0 spiro atoms. The van der Waals surface area contributed by atoms with Crippen LogP contribution in [-0.2, 0) is 0 Å². The van der Waals surface area contributed by atoms with Crippen molar-refractivity contribution in [2.45, 2.75) is 39.5 Å². The largest absolute Gasteiger partial charge is 0.507 e. The number of phenolic OH excluding ortho intramolecular Hbond substituents is 1. The summed E-state index contributed by atoms with van der Waals surface area (Å²) in [5, 5.41) is 9.74. The normalized spacial score (nSPS) is 10.2. The average molecular weight is 236 g/mol. The van der Waals surface area contributed by atoms with Crippen molar-refractivity contribution in [1.82, 2.24) is 0 Å². The molecule has 1 rings (SSSR count). The standard InChI is InChI=1S/C14H20O3/c1-3-5-9-17-11-7-8-12(14(16)10-11)13(15)6-4-2/h7-8,10,16H,3-6,9H2,1-2H3. The first-order valence-electron chi connectivity index (χ1n) is 6.18. The van der Waals surface area contributed by atoms with Gasteiger partial charge in [0.15, 0.2) is 5.78 Å². The average Bonchev–Trinajstić information content (AvgIpc) is 2.29. The molecular formula is C14H20O3. The fourth-order valence-corrected chi connectivity index (χ4v) is 1.53. The molecule has 0 aliphatic heterocycles. The second kappa shape index (κ2) is 6.94. The molecule has 0 fully saturated rings. The number of carbonyl (C=O) groups excluding carboxylic acids is 1. The summed E-state index contributed by atoms with van der Waals surface area (Å²) >= 11 is 0. The smallest absolute Gasteiger partial charge is 0.166 e. The molecule has 0 bridgehead atoms. The Morgan fingerprint density at radius 3 is 2.65 bits per heavy atom. The van der Waals surface area contributed by atoms with Gasteiger partial charge >= 0.3 is 0 Å². The Balaban J connectivity index is 2.68. The van der Waals surface area contributed by atoms with Gasteiger partial charge in [-0.2, -0.15) is 0 Å². The lowest BCUT2D eigenvalue weighted by molar-refractivity contribution is 0.0979. The fourth-order valence-electron chi connectivity index (χ4n) is 1.53. The van der Waals surface area contributed by atoms with E-state index < -0.39 is 0 Å². The number of hydrogen-bond acceptors (Lipinski definition) is 3. The number of hydrogen-bond donors (Lipinski definition) is 1. The Bertz CT molecular complexity index is 372. The van der Waals surface area contributed by atoms with Crippen molar-refractivity contribution < 1.29 is 14.6 Å². The Morgan fingerprint density at radius 1 is 1.29 bits per heavy atom. The van der Waals surface area contributed by atoms with Gasteiger partial charge in [-0.25, -0.2) is 0 Å². The van der Waals surface area contributed by atoms with Crippen LogP contribution in [0.3, 0.4) is 0 Å². The van der Waals surface area contributed by atoms with Crippen molar-refractivity contribution in [1.29, 1.82) is 0 Å². The van der Waals surface area contributed by atoms with Gasteiger partial charge in [0.1, 0.15) is 11.5 Å². The highest BCUT2D eigenvalue weighted by atomic mass is 16.5. The Morgan fingerprint density at radius 2 is 2.06 bits per heavy atom. The lowest BCUT2D eigenvalue weighted by Gasteiger charge is -2.08. The number of rotatable bonds is 7. The van der Waals surface area contributed by atoms with Gasteiger partial charge < -0.3 is 9.84 Å². The number of Topliss-reactive ketones (excluding diaryl/α,β-unsaturated/α-hetero) is 1. The summed E-state index contributed by atoms with van der Waals surface area (Å²) in [5.74, 6) is 0.603. The van der Waals surface area contributed by atoms with Gasteiger partial charge in [-0.05, 0) is 25.0 Å². The van der Waals surface area contributed by atoms with Gasteiger partial charge in [-0.1, -0.05) is 20.3 Å². The molecule has 0 saturated carbocycles. The molecule has 3 nitrogen and oxygen atoms in total. The highest BCUT2D eigenvalue weighted by Gasteiger charge is 2.10. The molecule has 94 valence electrons. The number of aromatic hydroxyl groups is 1. The highest BCUT2D eigenvalue weighted by molar-refractivity contribution is 5.98. The van der Waals surface area contributed by atoms with E-state index in [1.165, 1.54) is 6.07 Å². The third-order valence-corrected chi connectivity index (χ3v) is 2.51. The first-order valence-corrected chi connectivity index (χ1v) is 6.18. The molecule has 0 aliphatic rings. The van der Waals surface area contributed by atoms with Crippen LogP contribution in [0.5, 0.6) is 11.5 Å². The van der Waals surface area contributed by atoms with E-state index >= 15 is 0 Å². The van der Waals surface area contributed by atoms with Crippen molar-refractivity contribution in [2.75, 3.05) is 6.61 Å². The lowest BCUT2D eigenvalue weighted by atomic mass is 10.1. The first kappa shape index (κ1) is 13.6. The second-order valence-corrected chi connectivity index (χ2v) is 4.05. The predicted molar refractivity (Wildman–Crippen MR) is 67.7 cm³/mol. The van der Waals surface area contributed by atoms with Crippen LogP contribution in [0.1, 0.15) is 49.9 Å². The number of ketones is 1. The van der Waals surface area contributed by atoms with Crippen molar-refractivity contribution in [3.8, 4) is 11.5 Å². The second-order valence-electron chi connectivity index (χ2n) is 4.05. The number of phenols is 1. The van der Waals surface area contributed by atoms with Crippen molar-refractivity contribution in [2.24, 2.45) is 0 Å². The van der Waals surface area contributed by atoms with E-state index in [4.69, 9.17) is 4.74 Å². The monoisotopic (exact) mass is 236 g/mol. The maximum Gasteiger partial charge on any atom is 0.166 e.